The maximum Gasteiger partial charge on any atom is 0.0705 e. The number of ether oxygens (including phenoxy) is 1. The van der Waals surface area contributed by atoms with Gasteiger partial charge in [-0.15, -0.1) is 0 Å². The molecular weight excluding hydrogens is 212 g/mol. The van der Waals surface area contributed by atoms with Crippen LogP contribution in [0, 0.1) is 0 Å². The van der Waals surface area contributed by atoms with Crippen LogP contribution in [0.15, 0.2) is 36.5 Å². The van der Waals surface area contributed by atoms with Gasteiger partial charge in [0.1, 0.15) is 0 Å². The van der Waals surface area contributed by atoms with Gasteiger partial charge in [-0.3, -0.25) is 9.88 Å². The highest BCUT2D eigenvalue weighted by molar-refractivity contribution is 5.78. The van der Waals surface area contributed by atoms with Gasteiger partial charge in [-0.1, -0.05) is 18.2 Å². The molecule has 1 fully saturated rings. The quantitative estimate of drug-likeness (QED) is 0.786. The lowest BCUT2D eigenvalue weighted by Crippen LogP contribution is -2.35. The number of fused-ring (bicyclic) bond motifs is 1. The Morgan fingerprint density at radius 3 is 2.94 bits per heavy atom. The normalized spacial score (nSPS) is 17.4. The van der Waals surface area contributed by atoms with Gasteiger partial charge >= 0.3 is 0 Å². The van der Waals surface area contributed by atoms with Crippen LogP contribution in [-0.4, -0.2) is 36.2 Å². The Balaban J connectivity index is 1.80. The Morgan fingerprint density at radius 2 is 2.06 bits per heavy atom. The lowest BCUT2D eigenvalue weighted by Gasteiger charge is -2.26. The molecule has 1 aromatic heterocycles. The van der Waals surface area contributed by atoms with Crippen LogP contribution in [0.25, 0.3) is 10.9 Å². The molecule has 0 amide bonds. The molecular formula is C14H16N2O. The predicted molar refractivity (Wildman–Crippen MR) is 67.8 cm³/mol. The molecule has 1 aliphatic heterocycles. The minimum atomic E-state index is 0.853. The molecule has 3 heteroatoms. The van der Waals surface area contributed by atoms with Crippen molar-refractivity contribution in [3.05, 3.63) is 42.1 Å². The summed E-state index contributed by atoms with van der Waals surface area (Å²) in [5.41, 5.74) is 2.41. The van der Waals surface area contributed by atoms with Crippen LogP contribution in [0.1, 0.15) is 5.56 Å². The van der Waals surface area contributed by atoms with E-state index < -0.39 is 0 Å². The average Bonchev–Trinajstić information content (AvgIpc) is 2.40. The molecule has 2 aromatic rings. The predicted octanol–water partition coefficient (Wildman–Crippen LogP) is 2.07. The molecule has 2 heterocycles. The third kappa shape index (κ3) is 2.46. The number of pyridine rings is 1. The van der Waals surface area contributed by atoms with Gasteiger partial charge in [0, 0.05) is 31.2 Å². The molecule has 0 radical (unpaired) electrons. The molecule has 0 atom stereocenters. The summed E-state index contributed by atoms with van der Waals surface area (Å²) < 4.78 is 5.35. The van der Waals surface area contributed by atoms with Crippen molar-refractivity contribution >= 4 is 10.9 Å². The van der Waals surface area contributed by atoms with Crippen molar-refractivity contribution < 1.29 is 4.74 Å². The zero-order valence-electron chi connectivity index (χ0n) is 9.80. The van der Waals surface area contributed by atoms with Crippen LogP contribution >= 0.6 is 0 Å². The summed E-state index contributed by atoms with van der Waals surface area (Å²) >= 11 is 0. The third-order valence-electron chi connectivity index (χ3n) is 3.18. The highest BCUT2D eigenvalue weighted by Gasteiger charge is 2.10. The number of nitrogens with zero attached hydrogens (tertiary/aromatic N) is 2. The molecule has 0 N–H and O–H groups in total. The molecule has 17 heavy (non-hydrogen) atoms. The smallest absolute Gasteiger partial charge is 0.0705 e. The van der Waals surface area contributed by atoms with Crippen LogP contribution in [-0.2, 0) is 11.3 Å². The minimum Gasteiger partial charge on any atom is -0.379 e. The Hall–Kier alpha value is -1.45. The maximum atomic E-state index is 5.35. The first kappa shape index (κ1) is 10.7. The van der Waals surface area contributed by atoms with E-state index in [0.717, 1.165) is 38.4 Å². The zero-order chi connectivity index (χ0) is 11.5. The number of hydrogen-bond acceptors (Lipinski definition) is 3. The van der Waals surface area contributed by atoms with Gasteiger partial charge in [-0.25, -0.2) is 0 Å². The van der Waals surface area contributed by atoms with Crippen molar-refractivity contribution in [2.24, 2.45) is 0 Å². The van der Waals surface area contributed by atoms with Crippen molar-refractivity contribution in [2.45, 2.75) is 6.54 Å². The van der Waals surface area contributed by atoms with Gasteiger partial charge < -0.3 is 4.74 Å². The Bertz CT molecular complexity index is 506. The summed E-state index contributed by atoms with van der Waals surface area (Å²) in [4.78, 5) is 6.82. The molecule has 1 aromatic carbocycles. The fourth-order valence-electron chi connectivity index (χ4n) is 2.23. The third-order valence-corrected chi connectivity index (χ3v) is 3.18. The lowest BCUT2D eigenvalue weighted by molar-refractivity contribution is 0.0342. The van der Waals surface area contributed by atoms with E-state index in [1.54, 1.807) is 0 Å². The summed E-state index contributed by atoms with van der Waals surface area (Å²) in [7, 11) is 0. The molecule has 0 spiro atoms. The SMILES string of the molecule is c1cnc2cc(CN3CCOCC3)ccc2c1. The molecule has 3 nitrogen and oxygen atoms in total. The Morgan fingerprint density at radius 1 is 1.18 bits per heavy atom. The minimum absolute atomic E-state index is 0.853. The van der Waals surface area contributed by atoms with E-state index in [9.17, 15) is 0 Å². The zero-order valence-corrected chi connectivity index (χ0v) is 9.80. The maximum absolute atomic E-state index is 5.35. The highest BCUT2D eigenvalue weighted by atomic mass is 16.5. The van der Waals surface area contributed by atoms with E-state index in [-0.39, 0.29) is 0 Å². The molecule has 1 aliphatic rings. The topological polar surface area (TPSA) is 25.4 Å². The van der Waals surface area contributed by atoms with Crippen LogP contribution in [0.2, 0.25) is 0 Å². The van der Waals surface area contributed by atoms with Crippen molar-refractivity contribution in [3.63, 3.8) is 0 Å². The highest BCUT2D eigenvalue weighted by Crippen LogP contribution is 2.15. The van der Waals surface area contributed by atoms with Crippen molar-refractivity contribution in [2.75, 3.05) is 26.3 Å². The molecule has 1 saturated heterocycles. The molecule has 0 bridgehead atoms. The number of rotatable bonds is 2. The van der Waals surface area contributed by atoms with Crippen molar-refractivity contribution in [3.8, 4) is 0 Å². The second-order valence-corrected chi connectivity index (χ2v) is 4.42. The Labute approximate surface area is 101 Å². The molecule has 0 aliphatic carbocycles. The molecule has 88 valence electrons. The van der Waals surface area contributed by atoms with Crippen LogP contribution in [0.3, 0.4) is 0 Å². The Kier molecular flexibility index (Phi) is 3.03. The number of morpholine rings is 1. The van der Waals surface area contributed by atoms with Crippen LogP contribution in [0.4, 0.5) is 0 Å². The van der Waals surface area contributed by atoms with Crippen LogP contribution < -0.4 is 0 Å². The first-order chi connectivity index (χ1) is 8.42. The number of aromatic nitrogens is 1. The number of benzene rings is 1. The summed E-state index contributed by atoms with van der Waals surface area (Å²) in [5.74, 6) is 0. The average molecular weight is 228 g/mol. The largest absolute Gasteiger partial charge is 0.379 e. The van der Waals surface area contributed by atoms with E-state index >= 15 is 0 Å². The second-order valence-electron chi connectivity index (χ2n) is 4.42. The van der Waals surface area contributed by atoms with Gasteiger partial charge in [0.2, 0.25) is 0 Å². The van der Waals surface area contributed by atoms with Gasteiger partial charge in [0.15, 0.2) is 0 Å². The molecule has 0 unspecified atom stereocenters. The van der Waals surface area contributed by atoms with Gasteiger partial charge in [-0.2, -0.15) is 0 Å². The van der Waals surface area contributed by atoms with Crippen molar-refractivity contribution in [1.29, 1.82) is 0 Å². The molecule has 3 rings (SSSR count). The summed E-state index contributed by atoms with van der Waals surface area (Å²) in [5, 5.41) is 1.21. The van der Waals surface area contributed by atoms with Crippen molar-refractivity contribution in [1.82, 2.24) is 9.88 Å². The fourth-order valence-corrected chi connectivity index (χ4v) is 2.23. The summed E-state index contributed by atoms with van der Waals surface area (Å²) in [6.45, 7) is 4.76. The van der Waals surface area contributed by atoms with E-state index in [4.69, 9.17) is 4.74 Å². The van der Waals surface area contributed by atoms with Gasteiger partial charge in [0.25, 0.3) is 0 Å². The molecule has 0 saturated carbocycles. The van der Waals surface area contributed by atoms with Crippen LogP contribution in [0.5, 0.6) is 0 Å². The first-order valence-corrected chi connectivity index (χ1v) is 6.05. The standard InChI is InChI=1S/C14H16N2O/c1-2-13-4-3-12(10-14(13)15-5-1)11-16-6-8-17-9-7-16/h1-5,10H,6-9,11H2. The van der Waals surface area contributed by atoms with E-state index in [0.29, 0.717) is 0 Å². The monoisotopic (exact) mass is 228 g/mol. The van der Waals surface area contributed by atoms with Gasteiger partial charge in [-0.05, 0) is 17.7 Å². The second kappa shape index (κ2) is 4.82. The van der Waals surface area contributed by atoms with Gasteiger partial charge in [0.05, 0.1) is 18.7 Å². The first-order valence-electron chi connectivity index (χ1n) is 6.05. The fraction of sp³-hybridized carbons (Fsp3) is 0.357. The lowest BCUT2D eigenvalue weighted by atomic mass is 10.1. The van der Waals surface area contributed by atoms with E-state index in [2.05, 4.69) is 34.1 Å². The number of hydrogen-bond donors (Lipinski definition) is 0. The summed E-state index contributed by atoms with van der Waals surface area (Å²) in [6, 6.07) is 10.6. The van der Waals surface area contributed by atoms with E-state index in [1.807, 2.05) is 12.3 Å². The summed E-state index contributed by atoms with van der Waals surface area (Å²) in [6.07, 6.45) is 1.85. The van der Waals surface area contributed by atoms with E-state index in [1.165, 1.54) is 10.9 Å².